The highest BCUT2D eigenvalue weighted by Crippen LogP contribution is 2.30. The summed E-state index contributed by atoms with van der Waals surface area (Å²) in [6.45, 7) is 3.49. The molecule has 2 rings (SSSR count). The predicted molar refractivity (Wildman–Crippen MR) is 119 cm³/mol. The van der Waals surface area contributed by atoms with E-state index in [0.717, 1.165) is 0 Å². The minimum absolute atomic E-state index is 0.00589. The molecule has 0 aliphatic heterocycles. The first-order chi connectivity index (χ1) is 15.3. The minimum atomic E-state index is -1.01. The van der Waals surface area contributed by atoms with Gasteiger partial charge in [0.25, 0.3) is 11.8 Å². The molecule has 1 unspecified atom stereocenters. The first-order valence-electron chi connectivity index (χ1n) is 10.1. The Morgan fingerprint density at radius 1 is 0.938 bits per heavy atom. The molecule has 174 valence electrons. The molecule has 0 aliphatic carbocycles. The molecule has 1 atom stereocenters. The lowest BCUT2D eigenvalue weighted by atomic mass is 10.1. The molecule has 0 bridgehead atoms. The van der Waals surface area contributed by atoms with Crippen LogP contribution in [-0.2, 0) is 4.79 Å². The van der Waals surface area contributed by atoms with E-state index in [9.17, 15) is 14.7 Å². The summed E-state index contributed by atoms with van der Waals surface area (Å²) >= 11 is 0. The third-order valence-electron chi connectivity index (χ3n) is 4.49. The lowest BCUT2D eigenvalue weighted by Crippen LogP contribution is -2.34. The van der Waals surface area contributed by atoms with Crippen molar-refractivity contribution in [3.8, 4) is 23.0 Å². The largest absolute Gasteiger partial charge is 0.497 e. The van der Waals surface area contributed by atoms with Crippen LogP contribution in [0, 0.1) is 0 Å². The van der Waals surface area contributed by atoms with E-state index in [2.05, 4.69) is 10.6 Å². The Morgan fingerprint density at radius 3 is 2.25 bits per heavy atom. The van der Waals surface area contributed by atoms with Gasteiger partial charge in [-0.25, -0.2) is 0 Å². The van der Waals surface area contributed by atoms with Crippen LogP contribution in [0.5, 0.6) is 23.0 Å². The summed E-state index contributed by atoms with van der Waals surface area (Å²) in [6.07, 6.45) is -1.01. The Balaban J connectivity index is 2.03. The monoisotopic (exact) mass is 446 g/mol. The highest BCUT2D eigenvalue weighted by Gasteiger charge is 2.17. The van der Waals surface area contributed by atoms with Gasteiger partial charge in [0.1, 0.15) is 17.6 Å². The van der Waals surface area contributed by atoms with E-state index in [1.165, 1.54) is 27.4 Å². The third kappa shape index (κ3) is 6.78. The summed E-state index contributed by atoms with van der Waals surface area (Å²) < 4.78 is 21.2. The Morgan fingerprint density at radius 2 is 1.62 bits per heavy atom. The van der Waals surface area contributed by atoms with Gasteiger partial charge in [0.15, 0.2) is 18.1 Å². The normalized spacial score (nSPS) is 11.5. The van der Waals surface area contributed by atoms with Gasteiger partial charge < -0.3 is 34.7 Å². The molecule has 2 aromatic carbocycles. The second-order valence-corrected chi connectivity index (χ2v) is 7.21. The van der Waals surface area contributed by atoms with E-state index in [0.29, 0.717) is 34.1 Å². The van der Waals surface area contributed by atoms with Gasteiger partial charge >= 0.3 is 0 Å². The highest BCUT2D eigenvalue weighted by molar-refractivity contribution is 5.95. The molecule has 0 aliphatic rings. The number of ether oxygens (including phenoxy) is 4. The molecule has 9 nitrogen and oxygen atoms in total. The van der Waals surface area contributed by atoms with Gasteiger partial charge in [-0.2, -0.15) is 0 Å². The maximum Gasteiger partial charge on any atom is 0.258 e. The number of carbonyl (C=O) groups excluding carboxylic acids is 2. The number of aliphatic hydroxyl groups excluding tert-OH is 1. The van der Waals surface area contributed by atoms with Crippen LogP contribution in [0.3, 0.4) is 0 Å². The van der Waals surface area contributed by atoms with Crippen molar-refractivity contribution in [1.29, 1.82) is 0 Å². The summed E-state index contributed by atoms with van der Waals surface area (Å²) in [7, 11) is 4.47. The standard InChI is InChI=1S/C23H30N2O7/c1-14(2)25-22(27)13-32-20-8-6-15(10-21(20)31-5)23(28)24-12-18(26)17-11-16(29-3)7-9-19(17)30-4/h6-11,14,18,26H,12-13H2,1-5H3,(H,24,28)(H,25,27). The maximum absolute atomic E-state index is 12.6. The van der Waals surface area contributed by atoms with Crippen molar-refractivity contribution >= 4 is 11.8 Å². The molecule has 0 aromatic heterocycles. The Kier molecular flexibility index (Phi) is 9.15. The van der Waals surface area contributed by atoms with E-state index in [-0.39, 0.29) is 25.1 Å². The van der Waals surface area contributed by atoms with Crippen LogP contribution in [0.4, 0.5) is 0 Å². The topological polar surface area (TPSA) is 115 Å². The molecule has 32 heavy (non-hydrogen) atoms. The van der Waals surface area contributed by atoms with Gasteiger partial charge in [0.2, 0.25) is 0 Å². The SMILES string of the molecule is COc1ccc(OC)c(C(O)CNC(=O)c2ccc(OCC(=O)NC(C)C)c(OC)c2)c1. The fourth-order valence-corrected chi connectivity index (χ4v) is 2.94. The number of carbonyl (C=O) groups is 2. The van der Waals surface area contributed by atoms with Crippen molar-refractivity contribution < 1.29 is 33.6 Å². The number of amides is 2. The number of benzene rings is 2. The molecule has 9 heteroatoms. The van der Waals surface area contributed by atoms with Gasteiger partial charge in [-0.05, 0) is 50.2 Å². The van der Waals surface area contributed by atoms with Crippen LogP contribution < -0.4 is 29.6 Å². The predicted octanol–water partition coefficient (Wildman–Crippen LogP) is 2.08. The molecule has 0 heterocycles. The van der Waals surface area contributed by atoms with Crippen LogP contribution in [0.1, 0.15) is 35.9 Å². The van der Waals surface area contributed by atoms with Gasteiger partial charge in [-0.3, -0.25) is 9.59 Å². The van der Waals surface area contributed by atoms with Crippen LogP contribution in [0.25, 0.3) is 0 Å². The lowest BCUT2D eigenvalue weighted by molar-refractivity contribution is -0.123. The Labute approximate surface area is 187 Å². The van der Waals surface area contributed by atoms with Crippen LogP contribution in [0.15, 0.2) is 36.4 Å². The molecule has 3 N–H and O–H groups in total. The summed E-state index contributed by atoms with van der Waals surface area (Å²) in [5, 5.41) is 16.0. The minimum Gasteiger partial charge on any atom is -0.497 e. The van der Waals surface area contributed by atoms with E-state index in [1.54, 1.807) is 30.3 Å². The van der Waals surface area contributed by atoms with Crippen molar-refractivity contribution in [2.45, 2.75) is 26.0 Å². The van der Waals surface area contributed by atoms with Crippen LogP contribution in [-0.4, -0.2) is 57.4 Å². The van der Waals surface area contributed by atoms with Gasteiger partial charge in [0.05, 0.1) is 21.3 Å². The fraction of sp³-hybridized carbons (Fsp3) is 0.391. The molecular weight excluding hydrogens is 416 g/mol. The number of hydrogen-bond donors (Lipinski definition) is 3. The van der Waals surface area contributed by atoms with Gasteiger partial charge in [0, 0.05) is 23.7 Å². The molecular formula is C23H30N2O7. The second-order valence-electron chi connectivity index (χ2n) is 7.21. The van der Waals surface area contributed by atoms with Crippen molar-refractivity contribution in [3.05, 3.63) is 47.5 Å². The highest BCUT2D eigenvalue weighted by atomic mass is 16.5. The first-order valence-corrected chi connectivity index (χ1v) is 10.1. The number of nitrogens with one attached hydrogen (secondary N) is 2. The summed E-state index contributed by atoms with van der Waals surface area (Å²) in [6, 6.07) is 9.67. The lowest BCUT2D eigenvalue weighted by Gasteiger charge is -2.17. The average molecular weight is 447 g/mol. The van der Waals surface area contributed by atoms with Gasteiger partial charge in [-0.15, -0.1) is 0 Å². The first kappa shape index (κ1) is 24.8. The van der Waals surface area contributed by atoms with Gasteiger partial charge in [-0.1, -0.05) is 0 Å². The van der Waals surface area contributed by atoms with E-state index in [1.807, 2.05) is 13.8 Å². The number of hydrogen-bond acceptors (Lipinski definition) is 7. The Bertz CT molecular complexity index is 931. The van der Waals surface area contributed by atoms with Crippen molar-refractivity contribution in [2.75, 3.05) is 34.5 Å². The quantitative estimate of drug-likeness (QED) is 0.484. The van der Waals surface area contributed by atoms with Crippen LogP contribution in [0.2, 0.25) is 0 Å². The van der Waals surface area contributed by atoms with E-state index < -0.39 is 12.0 Å². The molecule has 0 spiro atoms. The van der Waals surface area contributed by atoms with Crippen molar-refractivity contribution in [3.63, 3.8) is 0 Å². The molecule has 2 aromatic rings. The second kappa shape index (κ2) is 11.8. The molecule has 2 amide bonds. The third-order valence-corrected chi connectivity index (χ3v) is 4.49. The summed E-state index contributed by atoms with van der Waals surface area (Å²) in [5.41, 5.74) is 0.804. The molecule has 0 saturated carbocycles. The van der Waals surface area contributed by atoms with Crippen LogP contribution >= 0.6 is 0 Å². The average Bonchev–Trinajstić information content (AvgIpc) is 2.79. The number of aliphatic hydroxyl groups is 1. The Hall–Kier alpha value is -3.46. The summed E-state index contributed by atoms with van der Waals surface area (Å²) in [5.74, 6) is 1.03. The zero-order chi connectivity index (χ0) is 23.7. The number of rotatable bonds is 11. The molecule has 0 radical (unpaired) electrons. The smallest absolute Gasteiger partial charge is 0.258 e. The van der Waals surface area contributed by atoms with Crippen molar-refractivity contribution in [1.82, 2.24) is 10.6 Å². The zero-order valence-electron chi connectivity index (χ0n) is 18.9. The summed E-state index contributed by atoms with van der Waals surface area (Å²) in [4.78, 5) is 24.4. The van der Waals surface area contributed by atoms with Crippen molar-refractivity contribution in [2.24, 2.45) is 0 Å². The van der Waals surface area contributed by atoms with E-state index >= 15 is 0 Å². The fourth-order valence-electron chi connectivity index (χ4n) is 2.94. The van der Waals surface area contributed by atoms with E-state index in [4.69, 9.17) is 18.9 Å². The molecule has 0 fully saturated rings. The zero-order valence-corrected chi connectivity index (χ0v) is 18.9. The molecule has 0 saturated heterocycles. The maximum atomic E-state index is 12.6. The number of methoxy groups -OCH3 is 3.